The molecule has 2 heterocycles. The van der Waals surface area contributed by atoms with Crippen molar-refractivity contribution in [2.45, 2.75) is 26.4 Å². The highest BCUT2D eigenvalue weighted by molar-refractivity contribution is 5.32. The summed E-state index contributed by atoms with van der Waals surface area (Å²) in [5.74, 6) is -1.15. The van der Waals surface area contributed by atoms with Gasteiger partial charge in [0.25, 0.3) is 0 Å². The zero-order valence-electron chi connectivity index (χ0n) is 14.4. The van der Waals surface area contributed by atoms with Crippen LogP contribution in [0.15, 0.2) is 49.1 Å². The molecule has 0 saturated heterocycles. The van der Waals surface area contributed by atoms with Crippen molar-refractivity contribution in [3.05, 3.63) is 77.6 Å². The first kappa shape index (κ1) is 17.9. The summed E-state index contributed by atoms with van der Waals surface area (Å²) in [4.78, 5) is 12.5. The van der Waals surface area contributed by atoms with E-state index in [2.05, 4.69) is 20.3 Å². The molecule has 1 aromatic carbocycles. The second kappa shape index (κ2) is 7.97. The predicted molar refractivity (Wildman–Crippen MR) is 92.7 cm³/mol. The molecule has 0 aliphatic heterocycles. The van der Waals surface area contributed by atoms with E-state index in [1.807, 2.05) is 13.8 Å². The number of pyridine rings is 1. The fourth-order valence-corrected chi connectivity index (χ4v) is 2.49. The summed E-state index contributed by atoms with van der Waals surface area (Å²) >= 11 is 0. The fraction of sp³-hybridized carbons (Fsp3) is 0.211. The van der Waals surface area contributed by atoms with Crippen LogP contribution < -0.4 is 10.1 Å². The van der Waals surface area contributed by atoms with Gasteiger partial charge < -0.3 is 10.1 Å². The minimum Gasteiger partial charge on any atom is -0.457 e. The van der Waals surface area contributed by atoms with Crippen LogP contribution in [-0.2, 0) is 6.54 Å². The highest BCUT2D eigenvalue weighted by Crippen LogP contribution is 2.23. The number of hydrogen-bond acceptors (Lipinski definition) is 5. The number of aryl methyl sites for hydroxylation is 1. The molecule has 3 rings (SSSR count). The first-order valence-corrected chi connectivity index (χ1v) is 8.10. The molecule has 2 aromatic heterocycles. The Morgan fingerprint density at radius 1 is 1.08 bits per heavy atom. The molecule has 3 aromatic rings. The summed E-state index contributed by atoms with van der Waals surface area (Å²) in [6.45, 7) is 4.46. The van der Waals surface area contributed by atoms with Gasteiger partial charge in [-0.15, -0.1) is 0 Å². The Labute approximate surface area is 150 Å². The smallest absolute Gasteiger partial charge is 0.162 e. The number of rotatable bonds is 6. The summed E-state index contributed by atoms with van der Waals surface area (Å²) in [5.41, 5.74) is 2.69. The Morgan fingerprint density at radius 3 is 2.65 bits per heavy atom. The molecule has 1 unspecified atom stereocenters. The van der Waals surface area contributed by atoms with Gasteiger partial charge >= 0.3 is 0 Å². The first-order chi connectivity index (χ1) is 12.5. The number of benzene rings is 1. The van der Waals surface area contributed by atoms with Gasteiger partial charge in [0.05, 0.1) is 5.69 Å². The Morgan fingerprint density at radius 2 is 1.88 bits per heavy atom. The lowest BCUT2D eigenvalue weighted by Gasteiger charge is -2.15. The molecule has 0 amide bonds. The molecule has 5 nitrogen and oxygen atoms in total. The van der Waals surface area contributed by atoms with Gasteiger partial charge in [0.1, 0.15) is 17.8 Å². The molecule has 0 aliphatic rings. The first-order valence-electron chi connectivity index (χ1n) is 8.10. The Bertz CT molecular complexity index is 904. The van der Waals surface area contributed by atoms with E-state index in [0.717, 1.165) is 29.1 Å². The van der Waals surface area contributed by atoms with E-state index in [0.29, 0.717) is 12.3 Å². The number of aromatic nitrogens is 3. The molecule has 0 spiro atoms. The van der Waals surface area contributed by atoms with Crippen molar-refractivity contribution < 1.29 is 13.5 Å². The van der Waals surface area contributed by atoms with Crippen LogP contribution in [0.4, 0.5) is 8.78 Å². The van der Waals surface area contributed by atoms with Crippen LogP contribution in [0, 0.1) is 18.6 Å². The SMILES string of the molecule is Cc1ncncc1C(C)NCc1cc(Oc2ccc(F)c(F)c2)ccn1. The van der Waals surface area contributed by atoms with Crippen LogP contribution >= 0.6 is 0 Å². The number of halogens is 2. The number of nitrogens with zero attached hydrogens (tertiary/aromatic N) is 3. The molecule has 26 heavy (non-hydrogen) atoms. The zero-order chi connectivity index (χ0) is 18.5. The van der Waals surface area contributed by atoms with Gasteiger partial charge in [-0.2, -0.15) is 0 Å². The quantitative estimate of drug-likeness (QED) is 0.720. The van der Waals surface area contributed by atoms with Crippen LogP contribution in [-0.4, -0.2) is 15.0 Å². The largest absolute Gasteiger partial charge is 0.457 e. The molecule has 0 fully saturated rings. The second-order valence-electron chi connectivity index (χ2n) is 5.83. The summed E-state index contributed by atoms with van der Waals surface area (Å²) in [5, 5.41) is 3.36. The maximum atomic E-state index is 13.3. The van der Waals surface area contributed by atoms with Crippen molar-refractivity contribution in [3.8, 4) is 11.5 Å². The molecular formula is C19H18F2N4O. The van der Waals surface area contributed by atoms with Crippen molar-refractivity contribution in [1.82, 2.24) is 20.3 Å². The van der Waals surface area contributed by atoms with E-state index in [1.54, 1.807) is 24.5 Å². The van der Waals surface area contributed by atoms with Gasteiger partial charge in [0.15, 0.2) is 11.6 Å². The van der Waals surface area contributed by atoms with E-state index in [-0.39, 0.29) is 11.8 Å². The predicted octanol–water partition coefficient (Wildman–Crippen LogP) is 4.10. The third-order valence-corrected chi connectivity index (χ3v) is 3.92. The van der Waals surface area contributed by atoms with Crippen LogP contribution in [0.2, 0.25) is 0 Å². The minimum atomic E-state index is -0.951. The van der Waals surface area contributed by atoms with Gasteiger partial charge in [0, 0.05) is 48.4 Å². The summed E-state index contributed by atoms with van der Waals surface area (Å²) in [7, 11) is 0. The van der Waals surface area contributed by atoms with E-state index in [4.69, 9.17) is 4.74 Å². The summed E-state index contributed by atoms with van der Waals surface area (Å²) < 4.78 is 31.8. The lowest BCUT2D eigenvalue weighted by molar-refractivity contribution is 0.459. The average molecular weight is 356 g/mol. The van der Waals surface area contributed by atoms with Crippen LogP contribution in [0.1, 0.15) is 29.9 Å². The highest BCUT2D eigenvalue weighted by atomic mass is 19.2. The molecule has 0 aliphatic carbocycles. The van der Waals surface area contributed by atoms with Crippen molar-refractivity contribution in [1.29, 1.82) is 0 Å². The Balaban J connectivity index is 1.65. The third-order valence-electron chi connectivity index (χ3n) is 3.92. The molecule has 0 radical (unpaired) electrons. The Kier molecular flexibility index (Phi) is 5.48. The molecule has 1 atom stereocenters. The van der Waals surface area contributed by atoms with Crippen LogP contribution in [0.5, 0.6) is 11.5 Å². The topological polar surface area (TPSA) is 59.9 Å². The van der Waals surface area contributed by atoms with Crippen molar-refractivity contribution in [3.63, 3.8) is 0 Å². The average Bonchev–Trinajstić information content (AvgIpc) is 2.63. The molecule has 1 N–H and O–H groups in total. The van der Waals surface area contributed by atoms with E-state index in [9.17, 15) is 8.78 Å². The molecule has 134 valence electrons. The second-order valence-corrected chi connectivity index (χ2v) is 5.83. The van der Waals surface area contributed by atoms with Gasteiger partial charge in [-0.05, 0) is 32.0 Å². The summed E-state index contributed by atoms with van der Waals surface area (Å²) in [6, 6.07) is 6.86. The van der Waals surface area contributed by atoms with E-state index >= 15 is 0 Å². The summed E-state index contributed by atoms with van der Waals surface area (Å²) in [6.07, 6.45) is 4.91. The third kappa shape index (κ3) is 4.37. The molecular weight excluding hydrogens is 338 g/mol. The van der Waals surface area contributed by atoms with Crippen LogP contribution in [0.25, 0.3) is 0 Å². The monoisotopic (exact) mass is 356 g/mol. The van der Waals surface area contributed by atoms with E-state index < -0.39 is 11.6 Å². The lowest BCUT2D eigenvalue weighted by atomic mass is 10.1. The van der Waals surface area contributed by atoms with Crippen molar-refractivity contribution in [2.75, 3.05) is 0 Å². The normalized spacial score (nSPS) is 12.0. The molecule has 0 saturated carbocycles. The van der Waals surface area contributed by atoms with E-state index in [1.165, 1.54) is 12.4 Å². The highest BCUT2D eigenvalue weighted by Gasteiger charge is 2.10. The fourth-order valence-electron chi connectivity index (χ4n) is 2.49. The maximum absolute atomic E-state index is 13.3. The standard InChI is InChI=1S/C19H18F2N4O/c1-12(17-10-22-11-25-13(17)2)24-9-14-7-16(5-6-23-14)26-15-3-4-18(20)19(21)8-15/h3-8,10-12,24H,9H2,1-2H3. The lowest BCUT2D eigenvalue weighted by Crippen LogP contribution is -2.20. The zero-order valence-corrected chi connectivity index (χ0v) is 14.4. The van der Waals surface area contributed by atoms with Gasteiger partial charge in [-0.1, -0.05) is 0 Å². The maximum Gasteiger partial charge on any atom is 0.162 e. The molecule has 7 heteroatoms. The number of hydrogen-bond donors (Lipinski definition) is 1. The minimum absolute atomic E-state index is 0.0498. The van der Waals surface area contributed by atoms with Crippen LogP contribution in [0.3, 0.4) is 0 Å². The van der Waals surface area contributed by atoms with Crippen molar-refractivity contribution in [2.24, 2.45) is 0 Å². The van der Waals surface area contributed by atoms with Gasteiger partial charge in [-0.3, -0.25) is 4.98 Å². The number of nitrogens with one attached hydrogen (secondary N) is 1. The Hall–Kier alpha value is -2.93. The molecule has 0 bridgehead atoms. The van der Waals surface area contributed by atoms with Gasteiger partial charge in [0.2, 0.25) is 0 Å². The van der Waals surface area contributed by atoms with Gasteiger partial charge in [-0.25, -0.2) is 18.7 Å². The van der Waals surface area contributed by atoms with Crippen molar-refractivity contribution >= 4 is 0 Å². The number of ether oxygens (including phenoxy) is 1.